The molecule has 0 aliphatic rings. The lowest BCUT2D eigenvalue weighted by Crippen LogP contribution is -1.96. The Morgan fingerprint density at radius 1 is 1.22 bits per heavy atom. The Kier molecular flexibility index (Phi) is 3.61. The Morgan fingerprint density at radius 2 is 2.06 bits per heavy atom. The van der Waals surface area contributed by atoms with Gasteiger partial charge in [-0.05, 0) is 35.4 Å². The van der Waals surface area contributed by atoms with E-state index in [4.69, 9.17) is 15.7 Å². The second-order valence-corrected chi connectivity index (χ2v) is 3.93. The predicted molar refractivity (Wildman–Crippen MR) is 71.0 cm³/mol. The summed E-state index contributed by atoms with van der Waals surface area (Å²) in [6.45, 7) is 0.494. The molecule has 0 radical (unpaired) electrons. The van der Waals surface area contributed by atoms with Gasteiger partial charge in [0.15, 0.2) is 0 Å². The van der Waals surface area contributed by atoms with Crippen LogP contribution < -0.4 is 10.5 Å². The van der Waals surface area contributed by atoms with Gasteiger partial charge in [-0.2, -0.15) is 5.26 Å². The van der Waals surface area contributed by atoms with Crippen molar-refractivity contribution in [3.05, 3.63) is 53.6 Å². The molecule has 90 valence electrons. The van der Waals surface area contributed by atoms with Crippen LogP contribution in [-0.2, 0) is 6.54 Å². The first-order chi connectivity index (χ1) is 8.78. The summed E-state index contributed by atoms with van der Waals surface area (Å²) < 4.78 is 5.33. The summed E-state index contributed by atoms with van der Waals surface area (Å²) in [7, 11) is 1.62. The maximum Gasteiger partial charge on any atom is 0.126 e. The molecule has 0 aliphatic heterocycles. The fourth-order valence-corrected chi connectivity index (χ4v) is 1.87. The Hall–Kier alpha value is -2.31. The molecule has 0 bridgehead atoms. The first-order valence-corrected chi connectivity index (χ1v) is 5.66. The highest BCUT2D eigenvalue weighted by Gasteiger charge is 2.07. The van der Waals surface area contributed by atoms with Crippen LogP contribution >= 0.6 is 0 Å². The average molecular weight is 238 g/mol. The second kappa shape index (κ2) is 5.35. The molecule has 0 saturated carbocycles. The molecule has 0 atom stereocenters. The molecule has 0 aliphatic carbocycles. The van der Waals surface area contributed by atoms with Gasteiger partial charge in [0.05, 0.1) is 18.7 Å². The summed E-state index contributed by atoms with van der Waals surface area (Å²) in [6.07, 6.45) is 0. The fraction of sp³-hybridized carbons (Fsp3) is 0.133. The first kappa shape index (κ1) is 12.2. The summed E-state index contributed by atoms with van der Waals surface area (Å²) in [5, 5.41) is 8.96. The van der Waals surface area contributed by atoms with Crippen LogP contribution in [0.2, 0.25) is 0 Å². The standard InChI is InChI=1S/C15H14N2O/c1-18-15-6-5-12(10-17)8-14(15)13-4-2-3-11(7-13)9-16/h2-8H,9,16H2,1H3. The van der Waals surface area contributed by atoms with E-state index in [9.17, 15) is 0 Å². The zero-order valence-corrected chi connectivity index (χ0v) is 10.2. The van der Waals surface area contributed by atoms with E-state index in [1.807, 2.05) is 36.4 Å². The van der Waals surface area contributed by atoms with Crippen molar-refractivity contribution < 1.29 is 4.74 Å². The van der Waals surface area contributed by atoms with Gasteiger partial charge >= 0.3 is 0 Å². The Morgan fingerprint density at radius 3 is 2.72 bits per heavy atom. The zero-order chi connectivity index (χ0) is 13.0. The van der Waals surface area contributed by atoms with E-state index in [0.717, 1.165) is 22.4 Å². The van der Waals surface area contributed by atoms with Crippen molar-refractivity contribution in [2.45, 2.75) is 6.54 Å². The van der Waals surface area contributed by atoms with Crippen molar-refractivity contribution in [2.75, 3.05) is 7.11 Å². The molecule has 18 heavy (non-hydrogen) atoms. The number of nitrogens with zero attached hydrogens (tertiary/aromatic N) is 1. The highest BCUT2D eigenvalue weighted by atomic mass is 16.5. The van der Waals surface area contributed by atoms with Crippen LogP contribution in [0, 0.1) is 11.3 Å². The zero-order valence-electron chi connectivity index (χ0n) is 10.2. The average Bonchev–Trinajstić information content (AvgIpc) is 2.46. The highest BCUT2D eigenvalue weighted by molar-refractivity contribution is 5.72. The third kappa shape index (κ3) is 2.34. The van der Waals surface area contributed by atoms with Crippen molar-refractivity contribution in [3.8, 4) is 22.9 Å². The van der Waals surface area contributed by atoms with Gasteiger partial charge in [-0.15, -0.1) is 0 Å². The number of ether oxygens (including phenoxy) is 1. The van der Waals surface area contributed by atoms with Crippen LogP contribution in [0.5, 0.6) is 5.75 Å². The van der Waals surface area contributed by atoms with Gasteiger partial charge in [0.1, 0.15) is 5.75 Å². The molecule has 2 rings (SSSR count). The number of methoxy groups -OCH3 is 1. The molecule has 0 aromatic heterocycles. The summed E-state index contributed by atoms with van der Waals surface area (Å²) in [5.41, 5.74) is 9.22. The molecule has 0 saturated heterocycles. The lowest BCUT2D eigenvalue weighted by Gasteiger charge is -2.10. The molecule has 0 fully saturated rings. The summed E-state index contributed by atoms with van der Waals surface area (Å²) in [6, 6.07) is 15.4. The lowest BCUT2D eigenvalue weighted by atomic mass is 10.0. The third-order valence-electron chi connectivity index (χ3n) is 2.80. The van der Waals surface area contributed by atoms with Crippen molar-refractivity contribution in [1.82, 2.24) is 0 Å². The highest BCUT2D eigenvalue weighted by Crippen LogP contribution is 2.31. The minimum absolute atomic E-state index is 0.494. The van der Waals surface area contributed by atoms with Gasteiger partial charge < -0.3 is 10.5 Å². The van der Waals surface area contributed by atoms with Gasteiger partial charge in [0.25, 0.3) is 0 Å². The fourth-order valence-electron chi connectivity index (χ4n) is 1.87. The molecule has 3 heteroatoms. The van der Waals surface area contributed by atoms with Crippen molar-refractivity contribution >= 4 is 0 Å². The largest absolute Gasteiger partial charge is 0.496 e. The van der Waals surface area contributed by atoms with Crippen molar-refractivity contribution in [1.29, 1.82) is 5.26 Å². The number of nitrogens with two attached hydrogens (primary N) is 1. The molecule has 2 N–H and O–H groups in total. The number of benzene rings is 2. The maximum atomic E-state index is 8.96. The number of rotatable bonds is 3. The Labute approximate surface area is 106 Å². The van der Waals surface area contributed by atoms with E-state index in [1.165, 1.54) is 0 Å². The minimum atomic E-state index is 0.494. The summed E-state index contributed by atoms with van der Waals surface area (Å²) in [4.78, 5) is 0. The van der Waals surface area contributed by atoms with E-state index < -0.39 is 0 Å². The van der Waals surface area contributed by atoms with Crippen LogP contribution in [-0.4, -0.2) is 7.11 Å². The maximum absolute atomic E-state index is 8.96. The minimum Gasteiger partial charge on any atom is -0.496 e. The van der Waals surface area contributed by atoms with Crippen molar-refractivity contribution in [2.24, 2.45) is 5.73 Å². The quantitative estimate of drug-likeness (QED) is 0.894. The third-order valence-corrected chi connectivity index (χ3v) is 2.80. The number of nitriles is 1. The van der Waals surface area contributed by atoms with E-state index >= 15 is 0 Å². The monoisotopic (exact) mass is 238 g/mol. The van der Waals surface area contributed by atoms with E-state index in [0.29, 0.717) is 12.1 Å². The van der Waals surface area contributed by atoms with Crippen LogP contribution in [0.3, 0.4) is 0 Å². The molecule has 2 aromatic carbocycles. The lowest BCUT2D eigenvalue weighted by molar-refractivity contribution is 0.416. The molecular formula is C15H14N2O. The van der Waals surface area contributed by atoms with E-state index in [-0.39, 0.29) is 0 Å². The van der Waals surface area contributed by atoms with Crippen LogP contribution in [0.4, 0.5) is 0 Å². The van der Waals surface area contributed by atoms with Gasteiger partial charge in [-0.3, -0.25) is 0 Å². The van der Waals surface area contributed by atoms with E-state index in [1.54, 1.807) is 13.2 Å². The van der Waals surface area contributed by atoms with Crippen LogP contribution in [0.1, 0.15) is 11.1 Å². The predicted octanol–water partition coefficient (Wildman–Crippen LogP) is 2.69. The van der Waals surface area contributed by atoms with Gasteiger partial charge in [-0.25, -0.2) is 0 Å². The van der Waals surface area contributed by atoms with Gasteiger partial charge in [0, 0.05) is 12.1 Å². The smallest absolute Gasteiger partial charge is 0.126 e. The molecule has 3 nitrogen and oxygen atoms in total. The number of hydrogen-bond donors (Lipinski definition) is 1. The first-order valence-electron chi connectivity index (χ1n) is 5.66. The molecule has 0 heterocycles. The SMILES string of the molecule is COc1ccc(C#N)cc1-c1cccc(CN)c1. The summed E-state index contributed by atoms with van der Waals surface area (Å²) >= 11 is 0. The molecule has 0 amide bonds. The second-order valence-electron chi connectivity index (χ2n) is 3.93. The molecular weight excluding hydrogens is 224 g/mol. The molecule has 0 unspecified atom stereocenters. The number of hydrogen-bond acceptors (Lipinski definition) is 3. The normalized spacial score (nSPS) is 9.83. The topological polar surface area (TPSA) is 59.0 Å². The molecule has 0 spiro atoms. The Balaban J connectivity index is 2.57. The summed E-state index contributed by atoms with van der Waals surface area (Å²) in [5.74, 6) is 0.753. The van der Waals surface area contributed by atoms with Gasteiger partial charge in [0.2, 0.25) is 0 Å². The van der Waals surface area contributed by atoms with Crippen LogP contribution in [0.15, 0.2) is 42.5 Å². The van der Waals surface area contributed by atoms with E-state index in [2.05, 4.69) is 6.07 Å². The van der Waals surface area contributed by atoms with Crippen molar-refractivity contribution in [3.63, 3.8) is 0 Å². The molecule has 2 aromatic rings. The Bertz CT molecular complexity index is 600. The van der Waals surface area contributed by atoms with Crippen LogP contribution in [0.25, 0.3) is 11.1 Å². The van der Waals surface area contributed by atoms with Gasteiger partial charge in [-0.1, -0.05) is 18.2 Å².